The van der Waals surface area contributed by atoms with Crippen LogP contribution in [0.2, 0.25) is 0 Å². The average Bonchev–Trinajstić information content (AvgIpc) is 2.86. The summed E-state index contributed by atoms with van der Waals surface area (Å²) in [5, 5.41) is 11.6. The monoisotopic (exact) mass is 276 g/mol. The van der Waals surface area contributed by atoms with Crippen LogP contribution in [0.3, 0.4) is 0 Å². The Morgan fingerprint density at radius 1 is 1.25 bits per heavy atom. The molecule has 2 rings (SSSR count). The van der Waals surface area contributed by atoms with Crippen molar-refractivity contribution in [3.05, 3.63) is 29.8 Å². The molecule has 0 atom stereocenters. The fourth-order valence-corrected chi connectivity index (χ4v) is 2.58. The van der Waals surface area contributed by atoms with Crippen LogP contribution >= 0.6 is 0 Å². The number of nitrogens with two attached hydrogens (primary N) is 1. The van der Waals surface area contributed by atoms with E-state index in [1.54, 1.807) is 6.07 Å². The van der Waals surface area contributed by atoms with E-state index in [2.05, 4.69) is 5.32 Å². The molecule has 1 fully saturated rings. The van der Waals surface area contributed by atoms with Gasteiger partial charge in [-0.1, -0.05) is 31.0 Å². The summed E-state index contributed by atoms with van der Waals surface area (Å²) in [6.45, 7) is 0. The SMILES string of the molecule is NC1(C(=O)Nc2ccccc2CCC(=O)O)CCCC1. The lowest BCUT2D eigenvalue weighted by atomic mass is 9.97. The number of carboxylic acid groups (broad SMARTS) is 1. The van der Waals surface area contributed by atoms with Gasteiger partial charge in [-0.05, 0) is 30.9 Å². The molecule has 5 nitrogen and oxygen atoms in total. The Bertz CT molecular complexity index is 508. The molecular weight excluding hydrogens is 256 g/mol. The molecule has 0 aromatic heterocycles. The van der Waals surface area contributed by atoms with Gasteiger partial charge in [0.05, 0.1) is 5.54 Å². The standard InChI is InChI=1S/C15H20N2O3/c16-15(9-3-4-10-15)14(20)17-12-6-2-1-5-11(12)7-8-13(18)19/h1-2,5-6H,3-4,7-10,16H2,(H,17,20)(H,18,19). The van der Waals surface area contributed by atoms with Gasteiger partial charge in [0.15, 0.2) is 0 Å². The second-order valence-electron chi connectivity index (χ2n) is 5.37. The highest BCUT2D eigenvalue weighted by Gasteiger charge is 2.37. The van der Waals surface area contributed by atoms with E-state index in [4.69, 9.17) is 10.8 Å². The Kier molecular flexibility index (Phi) is 4.39. The zero-order valence-electron chi connectivity index (χ0n) is 11.4. The average molecular weight is 276 g/mol. The maximum atomic E-state index is 12.3. The van der Waals surface area contributed by atoms with Gasteiger partial charge in [0.2, 0.25) is 5.91 Å². The van der Waals surface area contributed by atoms with Crippen molar-refractivity contribution in [1.82, 2.24) is 0 Å². The molecule has 1 aliphatic rings. The van der Waals surface area contributed by atoms with E-state index in [1.807, 2.05) is 18.2 Å². The van der Waals surface area contributed by atoms with E-state index >= 15 is 0 Å². The fraction of sp³-hybridized carbons (Fsp3) is 0.467. The van der Waals surface area contributed by atoms with Crippen LogP contribution in [-0.4, -0.2) is 22.5 Å². The number of carbonyl (C=O) groups is 2. The summed E-state index contributed by atoms with van der Waals surface area (Å²) in [6.07, 6.45) is 3.80. The quantitative estimate of drug-likeness (QED) is 0.766. The summed E-state index contributed by atoms with van der Waals surface area (Å²) >= 11 is 0. The van der Waals surface area contributed by atoms with Crippen LogP contribution in [0.25, 0.3) is 0 Å². The number of benzene rings is 1. The molecule has 1 amide bonds. The minimum absolute atomic E-state index is 0.0423. The largest absolute Gasteiger partial charge is 0.481 e. The highest BCUT2D eigenvalue weighted by molar-refractivity contribution is 5.98. The van der Waals surface area contributed by atoms with Gasteiger partial charge in [0.1, 0.15) is 0 Å². The summed E-state index contributed by atoms with van der Waals surface area (Å²) in [4.78, 5) is 22.9. The summed E-state index contributed by atoms with van der Waals surface area (Å²) in [6, 6.07) is 7.27. The number of carbonyl (C=O) groups excluding carboxylic acids is 1. The predicted molar refractivity (Wildman–Crippen MR) is 76.4 cm³/mol. The first kappa shape index (κ1) is 14.5. The normalized spacial score (nSPS) is 16.9. The predicted octanol–water partition coefficient (Wildman–Crippen LogP) is 1.91. The van der Waals surface area contributed by atoms with Crippen molar-refractivity contribution in [3.8, 4) is 0 Å². The van der Waals surface area contributed by atoms with Crippen molar-refractivity contribution in [2.24, 2.45) is 5.73 Å². The Labute approximate surface area is 118 Å². The maximum absolute atomic E-state index is 12.3. The molecule has 0 unspecified atom stereocenters. The van der Waals surface area contributed by atoms with Crippen molar-refractivity contribution in [1.29, 1.82) is 0 Å². The van der Waals surface area contributed by atoms with E-state index in [-0.39, 0.29) is 12.3 Å². The number of para-hydroxylation sites is 1. The lowest BCUT2D eigenvalue weighted by Gasteiger charge is -2.23. The number of aliphatic carboxylic acids is 1. The Morgan fingerprint density at radius 3 is 2.55 bits per heavy atom. The number of carboxylic acids is 1. The molecule has 0 aliphatic heterocycles. The van der Waals surface area contributed by atoms with Gasteiger partial charge in [-0.2, -0.15) is 0 Å². The van der Waals surface area contributed by atoms with Crippen molar-refractivity contribution >= 4 is 17.6 Å². The van der Waals surface area contributed by atoms with Gasteiger partial charge < -0.3 is 16.2 Å². The third-order valence-electron chi connectivity index (χ3n) is 3.82. The van der Waals surface area contributed by atoms with E-state index in [0.717, 1.165) is 18.4 Å². The summed E-state index contributed by atoms with van der Waals surface area (Å²) in [7, 11) is 0. The van der Waals surface area contributed by atoms with E-state index in [9.17, 15) is 9.59 Å². The molecule has 1 aromatic rings. The molecule has 0 saturated heterocycles. The number of amides is 1. The first-order valence-electron chi connectivity index (χ1n) is 6.91. The number of nitrogens with one attached hydrogen (secondary N) is 1. The molecule has 0 heterocycles. The van der Waals surface area contributed by atoms with Crippen LogP contribution in [0.1, 0.15) is 37.7 Å². The van der Waals surface area contributed by atoms with E-state index in [1.165, 1.54) is 0 Å². The fourth-order valence-electron chi connectivity index (χ4n) is 2.58. The molecule has 0 spiro atoms. The zero-order chi connectivity index (χ0) is 14.6. The summed E-state index contributed by atoms with van der Waals surface area (Å²) in [5.74, 6) is -1.02. The van der Waals surface area contributed by atoms with Crippen LogP contribution in [0, 0.1) is 0 Å². The van der Waals surface area contributed by atoms with Crippen LogP contribution in [-0.2, 0) is 16.0 Å². The van der Waals surface area contributed by atoms with Crippen LogP contribution in [0.5, 0.6) is 0 Å². The molecule has 108 valence electrons. The Hall–Kier alpha value is -1.88. The summed E-state index contributed by atoms with van der Waals surface area (Å²) in [5.41, 5.74) is 6.83. The molecule has 1 aromatic carbocycles. The smallest absolute Gasteiger partial charge is 0.303 e. The Balaban J connectivity index is 2.08. The van der Waals surface area contributed by atoms with E-state index in [0.29, 0.717) is 24.9 Å². The lowest BCUT2D eigenvalue weighted by molar-refractivity contribution is -0.137. The first-order valence-corrected chi connectivity index (χ1v) is 6.91. The number of rotatable bonds is 5. The highest BCUT2D eigenvalue weighted by Crippen LogP contribution is 2.29. The number of hydrogen-bond acceptors (Lipinski definition) is 3. The molecule has 1 saturated carbocycles. The maximum Gasteiger partial charge on any atom is 0.303 e. The zero-order valence-corrected chi connectivity index (χ0v) is 11.4. The van der Waals surface area contributed by atoms with Crippen molar-refractivity contribution in [2.45, 2.75) is 44.1 Å². The van der Waals surface area contributed by atoms with Gasteiger partial charge in [-0.15, -0.1) is 0 Å². The van der Waals surface area contributed by atoms with Gasteiger partial charge in [-0.25, -0.2) is 0 Å². The topological polar surface area (TPSA) is 92.4 Å². The van der Waals surface area contributed by atoms with Crippen LogP contribution in [0.15, 0.2) is 24.3 Å². The van der Waals surface area contributed by atoms with E-state index < -0.39 is 11.5 Å². The molecule has 5 heteroatoms. The Morgan fingerprint density at radius 2 is 1.90 bits per heavy atom. The second kappa shape index (κ2) is 6.05. The summed E-state index contributed by atoms with van der Waals surface area (Å²) < 4.78 is 0. The number of anilines is 1. The second-order valence-corrected chi connectivity index (χ2v) is 5.37. The molecular formula is C15H20N2O3. The van der Waals surface area contributed by atoms with Gasteiger partial charge >= 0.3 is 5.97 Å². The van der Waals surface area contributed by atoms with Gasteiger partial charge in [0.25, 0.3) is 0 Å². The first-order chi connectivity index (χ1) is 9.51. The van der Waals surface area contributed by atoms with Crippen LogP contribution in [0.4, 0.5) is 5.69 Å². The van der Waals surface area contributed by atoms with Crippen LogP contribution < -0.4 is 11.1 Å². The highest BCUT2D eigenvalue weighted by atomic mass is 16.4. The number of hydrogen-bond donors (Lipinski definition) is 3. The third-order valence-corrected chi connectivity index (χ3v) is 3.82. The van der Waals surface area contributed by atoms with Gasteiger partial charge in [-0.3, -0.25) is 9.59 Å². The molecule has 4 N–H and O–H groups in total. The lowest BCUT2D eigenvalue weighted by Crippen LogP contribution is -2.48. The molecule has 20 heavy (non-hydrogen) atoms. The minimum atomic E-state index is -0.850. The molecule has 1 aliphatic carbocycles. The minimum Gasteiger partial charge on any atom is -0.481 e. The van der Waals surface area contributed by atoms with Crippen molar-refractivity contribution in [2.75, 3.05) is 5.32 Å². The van der Waals surface area contributed by atoms with Crippen molar-refractivity contribution < 1.29 is 14.7 Å². The third kappa shape index (κ3) is 3.36. The molecule has 0 bridgehead atoms. The number of aryl methyl sites for hydroxylation is 1. The molecule has 0 radical (unpaired) electrons. The van der Waals surface area contributed by atoms with Gasteiger partial charge in [0, 0.05) is 12.1 Å². The van der Waals surface area contributed by atoms with Crippen molar-refractivity contribution in [3.63, 3.8) is 0 Å².